The van der Waals surface area contributed by atoms with Crippen LogP contribution in [-0.2, 0) is 4.79 Å². The Labute approximate surface area is 71.6 Å². The minimum absolute atomic E-state index is 0.0437. The molecule has 0 aromatic heterocycles. The van der Waals surface area contributed by atoms with Gasteiger partial charge in [-0.1, -0.05) is 0 Å². The second-order valence-electron chi connectivity index (χ2n) is 2.75. The summed E-state index contributed by atoms with van der Waals surface area (Å²) >= 11 is 0. The molecule has 0 amide bonds. The summed E-state index contributed by atoms with van der Waals surface area (Å²) < 4.78 is 0. The summed E-state index contributed by atoms with van der Waals surface area (Å²) in [5, 5.41) is 8.68. The van der Waals surface area contributed by atoms with Crippen LogP contribution in [-0.4, -0.2) is 17.7 Å². The van der Waals surface area contributed by atoms with Gasteiger partial charge in [0.15, 0.2) is 5.78 Å². The molecule has 0 aliphatic carbocycles. The quantitative estimate of drug-likeness (QED) is 0.579. The van der Waals surface area contributed by atoms with Gasteiger partial charge in [-0.25, -0.2) is 0 Å². The van der Waals surface area contributed by atoms with Crippen LogP contribution in [0.15, 0.2) is 24.0 Å². The molecule has 3 nitrogen and oxygen atoms in total. The number of ketones is 1. The maximum Gasteiger partial charge on any atom is 0.158 e. The molecule has 1 atom stereocenters. The van der Waals surface area contributed by atoms with Crippen LogP contribution in [0.4, 0.5) is 0 Å². The SMILES string of the molecule is CC(=O)C1=CN(C)C=C[C@H]1C#N. The summed E-state index contributed by atoms with van der Waals surface area (Å²) in [7, 11) is 1.83. The number of hydrogen-bond acceptors (Lipinski definition) is 3. The Morgan fingerprint density at radius 2 is 2.42 bits per heavy atom. The molecule has 12 heavy (non-hydrogen) atoms. The largest absolute Gasteiger partial charge is 0.357 e. The fraction of sp³-hybridized carbons (Fsp3) is 0.333. The monoisotopic (exact) mass is 162 g/mol. The van der Waals surface area contributed by atoms with Crippen LogP contribution >= 0.6 is 0 Å². The van der Waals surface area contributed by atoms with Crippen LogP contribution in [0.5, 0.6) is 0 Å². The molecule has 0 saturated carbocycles. The summed E-state index contributed by atoms with van der Waals surface area (Å²) in [6.07, 6.45) is 5.19. The lowest BCUT2D eigenvalue weighted by Gasteiger charge is -2.18. The van der Waals surface area contributed by atoms with Crippen LogP contribution in [0.25, 0.3) is 0 Å². The van der Waals surface area contributed by atoms with E-state index >= 15 is 0 Å². The van der Waals surface area contributed by atoms with Crippen molar-refractivity contribution in [2.24, 2.45) is 5.92 Å². The van der Waals surface area contributed by atoms with E-state index < -0.39 is 0 Å². The van der Waals surface area contributed by atoms with Crippen molar-refractivity contribution < 1.29 is 4.79 Å². The van der Waals surface area contributed by atoms with Crippen molar-refractivity contribution >= 4 is 5.78 Å². The van der Waals surface area contributed by atoms with Crippen molar-refractivity contribution in [1.29, 1.82) is 5.26 Å². The number of carbonyl (C=O) groups excluding carboxylic acids is 1. The molecule has 0 saturated heterocycles. The highest BCUT2D eigenvalue weighted by Gasteiger charge is 2.18. The number of rotatable bonds is 1. The molecule has 3 heteroatoms. The first-order valence-electron chi connectivity index (χ1n) is 3.67. The van der Waals surface area contributed by atoms with Crippen molar-refractivity contribution in [3.63, 3.8) is 0 Å². The van der Waals surface area contributed by atoms with Crippen molar-refractivity contribution in [3.05, 3.63) is 24.0 Å². The van der Waals surface area contributed by atoms with Gasteiger partial charge in [0.1, 0.15) is 0 Å². The van der Waals surface area contributed by atoms with Crippen molar-refractivity contribution in [1.82, 2.24) is 4.90 Å². The van der Waals surface area contributed by atoms with Gasteiger partial charge in [0.05, 0.1) is 12.0 Å². The summed E-state index contributed by atoms with van der Waals surface area (Å²) in [5.41, 5.74) is 0.558. The third kappa shape index (κ3) is 1.54. The average molecular weight is 162 g/mol. The fourth-order valence-corrected chi connectivity index (χ4v) is 1.09. The van der Waals surface area contributed by atoms with E-state index in [0.29, 0.717) is 5.57 Å². The maximum absolute atomic E-state index is 11.0. The number of hydrogen-bond donors (Lipinski definition) is 0. The molecule has 0 aromatic rings. The lowest BCUT2D eigenvalue weighted by atomic mass is 9.96. The Hall–Kier alpha value is -1.56. The van der Waals surface area contributed by atoms with E-state index in [4.69, 9.17) is 5.26 Å². The minimum Gasteiger partial charge on any atom is -0.357 e. The van der Waals surface area contributed by atoms with Gasteiger partial charge in [-0.05, 0) is 13.0 Å². The van der Waals surface area contributed by atoms with E-state index in [1.807, 2.05) is 7.05 Å². The first-order valence-corrected chi connectivity index (χ1v) is 3.67. The highest BCUT2D eigenvalue weighted by Crippen LogP contribution is 2.18. The predicted octanol–water partition coefficient (Wildman–Crippen LogP) is 1.06. The summed E-state index contributed by atoms with van der Waals surface area (Å²) in [5.74, 6) is -0.420. The van der Waals surface area contributed by atoms with E-state index in [2.05, 4.69) is 6.07 Å². The third-order valence-corrected chi connectivity index (χ3v) is 1.74. The van der Waals surface area contributed by atoms with Gasteiger partial charge < -0.3 is 4.90 Å². The molecule has 1 heterocycles. The standard InChI is InChI=1S/C9H10N2O/c1-7(12)9-6-11(2)4-3-8(9)5-10/h3-4,6,8H,1-2H3/t8-/m0/s1. The predicted molar refractivity (Wildman–Crippen MR) is 44.8 cm³/mol. The third-order valence-electron chi connectivity index (χ3n) is 1.74. The van der Waals surface area contributed by atoms with E-state index in [0.717, 1.165) is 0 Å². The topological polar surface area (TPSA) is 44.1 Å². The smallest absolute Gasteiger partial charge is 0.158 e. The fourth-order valence-electron chi connectivity index (χ4n) is 1.09. The van der Waals surface area contributed by atoms with Crippen molar-refractivity contribution in [2.75, 3.05) is 7.05 Å². The average Bonchev–Trinajstić information content (AvgIpc) is 2.04. The van der Waals surface area contributed by atoms with Crippen LogP contribution in [0, 0.1) is 17.2 Å². The second-order valence-corrected chi connectivity index (χ2v) is 2.75. The molecule has 0 bridgehead atoms. The minimum atomic E-state index is -0.376. The zero-order valence-electron chi connectivity index (χ0n) is 7.11. The summed E-state index contributed by atoms with van der Waals surface area (Å²) in [6, 6.07) is 2.05. The molecule has 0 spiro atoms. The Balaban J connectivity index is 2.95. The molecular formula is C9H10N2O. The number of nitrogens with zero attached hydrogens (tertiary/aromatic N) is 2. The van der Waals surface area contributed by atoms with E-state index in [9.17, 15) is 4.79 Å². The summed E-state index contributed by atoms with van der Waals surface area (Å²) in [4.78, 5) is 12.8. The highest BCUT2D eigenvalue weighted by atomic mass is 16.1. The van der Waals surface area contributed by atoms with Gasteiger partial charge in [0.2, 0.25) is 0 Å². The van der Waals surface area contributed by atoms with Crippen LogP contribution in [0.2, 0.25) is 0 Å². The van der Waals surface area contributed by atoms with E-state index in [1.165, 1.54) is 6.92 Å². The van der Waals surface area contributed by atoms with Crippen LogP contribution in [0.1, 0.15) is 6.92 Å². The van der Waals surface area contributed by atoms with Gasteiger partial charge in [-0.15, -0.1) is 0 Å². The molecule has 62 valence electrons. The number of Topliss-reactive ketones (excluding diaryl/α,β-unsaturated/α-hetero) is 1. The van der Waals surface area contributed by atoms with Gasteiger partial charge in [0.25, 0.3) is 0 Å². The lowest BCUT2D eigenvalue weighted by molar-refractivity contribution is -0.113. The van der Waals surface area contributed by atoms with Gasteiger partial charge in [0, 0.05) is 25.0 Å². The number of allylic oxidation sites excluding steroid dienone is 2. The van der Waals surface area contributed by atoms with Gasteiger partial charge in [-0.3, -0.25) is 4.79 Å². The highest BCUT2D eigenvalue weighted by molar-refractivity contribution is 5.94. The molecule has 0 N–H and O–H groups in total. The molecule has 1 aliphatic rings. The van der Waals surface area contributed by atoms with Gasteiger partial charge in [-0.2, -0.15) is 5.26 Å². The molecule has 1 rings (SSSR count). The first kappa shape index (κ1) is 8.54. The molecule has 0 unspecified atom stereocenters. The lowest BCUT2D eigenvalue weighted by Crippen LogP contribution is -2.16. The zero-order chi connectivity index (χ0) is 9.14. The Morgan fingerprint density at radius 1 is 1.75 bits per heavy atom. The molecule has 1 aliphatic heterocycles. The Bertz CT molecular complexity index is 296. The zero-order valence-corrected chi connectivity index (χ0v) is 7.11. The Kier molecular flexibility index (Phi) is 2.29. The first-order chi connectivity index (χ1) is 5.65. The van der Waals surface area contributed by atoms with E-state index in [1.54, 1.807) is 23.4 Å². The van der Waals surface area contributed by atoms with Gasteiger partial charge >= 0.3 is 0 Å². The van der Waals surface area contributed by atoms with E-state index in [-0.39, 0.29) is 11.7 Å². The Morgan fingerprint density at radius 3 is 2.92 bits per heavy atom. The van der Waals surface area contributed by atoms with Crippen LogP contribution in [0.3, 0.4) is 0 Å². The second kappa shape index (κ2) is 3.22. The molecule has 0 aromatic carbocycles. The van der Waals surface area contributed by atoms with Crippen LogP contribution < -0.4 is 0 Å². The molecular weight excluding hydrogens is 152 g/mol. The molecule has 0 fully saturated rings. The number of nitriles is 1. The maximum atomic E-state index is 11.0. The van der Waals surface area contributed by atoms with Crippen molar-refractivity contribution in [2.45, 2.75) is 6.92 Å². The molecule has 0 radical (unpaired) electrons. The normalized spacial score (nSPS) is 21.6. The van der Waals surface area contributed by atoms with Crippen molar-refractivity contribution in [3.8, 4) is 6.07 Å². The summed E-state index contributed by atoms with van der Waals surface area (Å²) in [6.45, 7) is 1.48. The number of carbonyl (C=O) groups is 1.